The van der Waals surface area contributed by atoms with Gasteiger partial charge in [0.25, 0.3) is 0 Å². The number of fused-ring (bicyclic) bond motifs is 1. The Bertz CT molecular complexity index is 817. The molecule has 3 aromatic rings. The Kier molecular flexibility index (Phi) is 4.21. The van der Waals surface area contributed by atoms with Gasteiger partial charge in [-0.15, -0.1) is 11.6 Å². The van der Waals surface area contributed by atoms with Crippen molar-refractivity contribution in [2.24, 2.45) is 0 Å². The average Bonchev–Trinajstić information content (AvgIpc) is 2.50. The van der Waals surface area contributed by atoms with Crippen LogP contribution < -0.4 is 0 Å². The third-order valence-electron chi connectivity index (χ3n) is 3.43. The molecule has 0 N–H and O–H groups in total. The number of alkyl halides is 1. The molecule has 0 saturated heterocycles. The smallest absolute Gasteiger partial charge is 0.142 e. The standard InChI is InChI=1S/C17H10BrCl2F/c18-14-7-3-6-13(17(14)21)16(20)12-8-9-15(19)11-5-2-1-4-10(11)12/h1-9,16H. The number of halogens is 4. The van der Waals surface area contributed by atoms with Crippen molar-refractivity contribution < 1.29 is 4.39 Å². The van der Waals surface area contributed by atoms with Crippen LogP contribution in [-0.4, -0.2) is 0 Å². The minimum atomic E-state index is -0.579. The largest absolute Gasteiger partial charge is 0.205 e. The first kappa shape index (κ1) is 14.8. The van der Waals surface area contributed by atoms with Crippen LogP contribution in [0.3, 0.4) is 0 Å². The second kappa shape index (κ2) is 5.96. The Labute approximate surface area is 140 Å². The molecule has 0 aromatic heterocycles. The lowest BCUT2D eigenvalue weighted by Gasteiger charge is -2.15. The lowest BCUT2D eigenvalue weighted by atomic mass is 9.97. The number of hydrogen-bond acceptors (Lipinski definition) is 0. The quantitative estimate of drug-likeness (QED) is 0.430. The number of rotatable bonds is 2. The zero-order chi connectivity index (χ0) is 15.0. The van der Waals surface area contributed by atoms with Gasteiger partial charge in [-0.05, 0) is 39.0 Å². The van der Waals surface area contributed by atoms with Crippen LogP contribution in [-0.2, 0) is 0 Å². The summed E-state index contributed by atoms with van der Waals surface area (Å²) in [5, 5.41) is 1.93. The minimum Gasteiger partial charge on any atom is -0.205 e. The van der Waals surface area contributed by atoms with Crippen LogP contribution in [0.4, 0.5) is 4.39 Å². The fraction of sp³-hybridized carbons (Fsp3) is 0.0588. The molecule has 1 atom stereocenters. The fourth-order valence-electron chi connectivity index (χ4n) is 2.39. The molecule has 1 unspecified atom stereocenters. The highest BCUT2D eigenvalue weighted by Crippen LogP contribution is 2.38. The van der Waals surface area contributed by atoms with Crippen molar-refractivity contribution in [2.75, 3.05) is 0 Å². The Morgan fingerprint density at radius 1 is 0.857 bits per heavy atom. The van der Waals surface area contributed by atoms with Gasteiger partial charge >= 0.3 is 0 Å². The molecule has 3 rings (SSSR count). The summed E-state index contributed by atoms with van der Waals surface area (Å²) in [6.07, 6.45) is 0. The summed E-state index contributed by atoms with van der Waals surface area (Å²) in [4.78, 5) is 0. The third-order valence-corrected chi connectivity index (χ3v) is 4.84. The van der Waals surface area contributed by atoms with E-state index in [0.717, 1.165) is 16.3 Å². The molecule has 0 aliphatic heterocycles. The molecule has 0 bridgehead atoms. The highest BCUT2D eigenvalue weighted by Gasteiger charge is 2.19. The average molecular weight is 384 g/mol. The van der Waals surface area contributed by atoms with Gasteiger partial charge in [0.2, 0.25) is 0 Å². The maximum Gasteiger partial charge on any atom is 0.142 e. The van der Waals surface area contributed by atoms with Crippen LogP contribution in [0, 0.1) is 5.82 Å². The molecule has 0 amide bonds. The van der Waals surface area contributed by atoms with Crippen molar-refractivity contribution >= 4 is 49.9 Å². The topological polar surface area (TPSA) is 0 Å². The second-order valence-corrected chi connectivity index (χ2v) is 6.39. The van der Waals surface area contributed by atoms with E-state index < -0.39 is 5.38 Å². The third kappa shape index (κ3) is 2.68. The van der Waals surface area contributed by atoms with E-state index in [0.29, 0.717) is 15.1 Å². The van der Waals surface area contributed by atoms with Crippen LogP contribution in [0.2, 0.25) is 5.02 Å². The van der Waals surface area contributed by atoms with Gasteiger partial charge in [0.15, 0.2) is 0 Å². The van der Waals surface area contributed by atoms with Crippen LogP contribution in [0.5, 0.6) is 0 Å². The molecule has 0 radical (unpaired) electrons. The first-order valence-electron chi connectivity index (χ1n) is 6.34. The van der Waals surface area contributed by atoms with Gasteiger partial charge in [0, 0.05) is 16.0 Å². The predicted molar refractivity (Wildman–Crippen MR) is 90.8 cm³/mol. The lowest BCUT2D eigenvalue weighted by Crippen LogP contribution is -1.99. The normalized spacial score (nSPS) is 12.6. The van der Waals surface area contributed by atoms with Gasteiger partial charge < -0.3 is 0 Å². The summed E-state index contributed by atoms with van der Waals surface area (Å²) in [6.45, 7) is 0. The molecule has 0 saturated carbocycles. The summed E-state index contributed by atoms with van der Waals surface area (Å²) in [6, 6.07) is 16.5. The van der Waals surface area contributed by atoms with Gasteiger partial charge in [-0.25, -0.2) is 4.39 Å². The maximum absolute atomic E-state index is 14.3. The van der Waals surface area contributed by atoms with E-state index in [1.54, 1.807) is 24.3 Å². The van der Waals surface area contributed by atoms with Crippen molar-refractivity contribution in [2.45, 2.75) is 5.38 Å². The molecule has 3 aromatic carbocycles. The Morgan fingerprint density at radius 3 is 2.33 bits per heavy atom. The van der Waals surface area contributed by atoms with E-state index >= 15 is 0 Å². The number of benzene rings is 3. The maximum atomic E-state index is 14.3. The Balaban J connectivity index is 2.21. The predicted octanol–water partition coefficient (Wildman–Crippen LogP) is 6.72. The van der Waals surface area contributed by atoms with Gasteiger partial charge in [0.05, 0.1) is 9.85 Å². The molecular weight excluding hydrogens is 374 g/mol. The van der Waals surface area contributed by atoms with Crippen molar-refractivity contribution in [3.8, 4) is 0 Å². The van der Waals surface area contributed by atoms with Crippen LogP contribution in [0.15, 0.2) is 59.1 Å². The van der Waals surface area contributed by atoms with Crippen molar-refractivity contribution in [1.82, 2.24) is 0 Å². The van der Waals surface area contributed by atoms with Crippen LogP contribution in [0.1, 0.15) is 16.5 Å². The zero-order valence-electron chi connectivity index (χ0n) is 10.8. The summed E-state index contributed by atoms with van der Waals surface area (Å²) in [7, 11) is 0. The van der Waals surface area contributed by atoms with Crippen molar-refractivity contribution in [3.63, 3.8) is 0 Å². The van der Waals surface area contributed by atoms with Crippen LogP contribution in [0.25, 0.3) is 10.8 Å². The van der Waals surface area contributed by atoms with Crippen molar-refractivity contribution in [3.05, 3.63) is 81.0 Å². The zero-order valence-corrected chi connectivity index (χ0v) is 13.9. The molecule has 0 aliphatic rings. The van der Waals surface area contributed by atoms with Gasteiger partial charge in [-0.2, -0.15) is 0 Å². The van der Waals surface area contributed by atoms with E-state index in [2.05, 4.69) is 15.9 Å². The van der Waals surface area contributed by atoms with Gasteiger partial charge in [-0.3, -0.25) is 0 Å². The highest BCUT2D eigenvalue weighted by atomic mass is 79.9. The fourth-order valence-corrected chi connectivity index (χ4v) is 3.36. The van der Waals surface area contributed by atoms with Crippen LogP contribution >= 0.6 is 39.1 Å². The minimum absolute atomic E-state index is 0.337. The van der Waals surface area contributed by atoms with Gasteiger partial charge in [0.1, 0.15) is 5.82 Å². The monoisotopic (exact) mass is 382 g/mol. The summed E-state index contributed by atoms with van der Waals surface area (Å²) in [5.41, 5.74) is 1.28. The van der Waals surface area contributed by atoms with Gasteiger partial charge in [-0.1, -0.05) is 54.1 Å². The SMILES string of the molecule is Fc1c(Br)cccc1C(Cl)c1ccc(Cl)c2ccccc12. The highest BCUT2D eigenvalue weighted by molar-refractivity contribution is 9.10. The molecule has 21 heavy (non-hydrogen) atoms. The molecule has 0 fully saturated rings. The number of hydrogen-bond donors (Lipinski definition) is 0. The molecule has 0 aliphatic carbocycles. The van der Waals surface area contributed by atoms with Crippen molar-refractivity contribution in [1.29, 1.82) is 0 Å². The first-order valence-corrected chi connectivity index (χ1v) is 7.95. The Morgan fingerprint density at radius 2 is 1.57 bits per heavy atom. The van der Waals surface area contributed by atoms with E-state index in [1.165, 1.54) is 0 Å². The molecule has 0 spiro atoms. The first-order chi connectivity index (χ1) is 10.1. The van der Waals surface area contributed by atoms with E-state index in [4.69, 9.17) is 23.2 Å². The molecule has 4 heteroatoms. The van der Waals surface area contributed by atoms with E-state index in [1.807, 2.05) is 30.3 Å². The summed E-state index contributed by atoms with van der Waals surface area (Å²) >= 11 is 15.9. The van der Waals surface area contributed by atoms with E-state index in [9.17, 15) is 4.39 Å². The summed E-state index contributed by atoms with van der Waals surface area (Å²) < 4.78 is 14.7. The lowest BCUT2D eigenvalue weighted by molar-refractivity contribution is 0.606. The molecular formula is C17H10BrCl2F. The molecule has 106 valence electrons. The molecule has 0 nitrogen and oxygen atoms in total. The second-order valence-electron chi connectivity index (χ2n) is 4.69. The Hall–Kier alpha value is -1.09. The summed E-state index contributed by atoms with van der Waals surface area (Å²) in [5.74, 6) is -0.337. The van der Waals surface area contributed by atoms with E-state index in [-0.39, 0.29) is 5.82 Å². The molecule has 0 heterocycles.